The van der Waals surface area contributed by atoms with Crippen molar-refractivity contribution < 1.29 is 9.59 Å². The van der Waals surface area contributed by atoms with E-state index < -0.39 is 0 Å². The molecule has 0 spiro atoms. The summed E-state index contributed by atoms with van der Waals surface area (Å²) in [6, 6.07) is 10.4. The molecule has 0 aliphatic rings. The van der Waals surface area contributed by atoms with Crippen molar-refractivity contribution in [2.75, 3.05) is 5.32 Å². The van der Waals surface area contributed by atoms with Crippen molar-refractivity contribution in [3.05, 3.63) is 53.9 Å². The Morgan fingerprint density at radius 1 is 1.22 bits per heavy atom. The number of unbranched alkanes of at least 4 members (excludes halogenated alkanes) is 1. The van der Waals surface area contributed by atoms with Crippen LogP contribution in [0, 0.1) is 0 Å². The summed E-state index contributed by atoms with van der Waals surface area (Å²) in [5.41, 5.74) is 4.40. The van der Waals surface area contributed by atoms with Crippen LogP contribution in [0.4, 0.5) is 5.69 Å². The maximum Gasteiger partial charge on any atom is 0.271 e. The molecule has 6 heteroatoms. The molecule has 2 rings (SSSR count). The molecule has 120 valence electrons. The van der Waals surface area contributed by atoms with Crippen LogP contribution in [0.2, 0.25) is 0 Å². The van der Waals surface area contributed by atoms with Gasteiger partial charge < -0.3 is 10.3 Å². The number of aromatic nitrogens is 1. The number of amides is 2. The highest BCUT2D eigenvalue weighted by Crippen LogP contribution is 2.10. The summed E-state index contributed by atoms with van der Waals surface area (Å²) in [5.74, 6) is -0.323. The maximum absolute atomic E-state index is 11.9. The van der Waals surface area contributed by atoms with E-state index in [0.29, 0.717) is 17.7 Å². The molecule has 1 aromatic heterocycles. The van der Waals surface area contributed by atoms with E-state index in [0.717, 1.165) is 18.5 Å². The van der Waals surface area contributed by atoms with E-state index in [1.54, 1.807) is 30.5 Å². The Labute approximate surface area is 135 Å². The maximum atomic E-state index is 11.9. The van der Waals surface area contributed by atoms with Gasteiger partial charge in [-0.1, -0.05) is 13.3 Å². The van der Waals surface area contributed by atoms with E-state index in [1.807, 2.05) is 19.1 Å². The van der Waals surface area contributed by atoms with E-state index in [1.165, 1.54) is 6.21 Å². The summed E-state index contributed by atoms with van der Waals surface area (Å²) in [6.45, 7) is 2.04. The van der Waals surface area contributed by atoms with E-state index in [2.05, 4.69) is 20.8 Å². The van der Waals surface area contributed by atoms with Crippen LogP contribution in [-0.4, -0.2) is 23.0 Å². The van der Waals surface area contributed by atoms with Gasteiger partial charge in [-0.2, -0.15) is 5.10 Å². The average Bonchev–Trinajstić information content (AvgIpc) is 3.07. The first-order valence-corrected chi connectivity index (χ1v) is 7.55. The van der Waals surface area contributed by atoms with Crippen molar-refractivity contribution in [1.29, 1.82) is 0 Å². The molecule has 0 aliphatic carbocycles. The number of aromatic amines is 1. The molecule has 2 amide bonds. The van der Waals surface area contributed by atoms with Gasteiger partial charge in [-0.25, -0.2) is 5.43 Å². The number of nitrogens with zero attached hydrogens (tertiary/aromatic N) is 1. The molecule has 1 heterocycles. The van der Waals surface area contributed by atoms with Gasteiger partial charge in [-0.05, 0) is 42.8 Å². The lowest BCUT2D eigenvalue weighted by Gasteiger charge is -2.05. The Morgan fingerprint density at radius 2 is 2.00 bits per heavy atom. The Balaban J connectivity index is 1.86. The summed E-state index contributed by atoms with van der Waals surface area (Å²) in [7, 11) is 0. The highest BCUT2D eigenvalue weighted by molar-refractivity contribution is 5.96. The predicted octanol–water partition coefficient (Wildman–Crippen LogP) is 2.91. The number of carbonyl (C=O) groups is 2. The van der Waals surface area contributed by atoms with E-state index in [-0.39, 0.29) is 11.8 Å². The molecule has 0 fully saturated rings. The number of benzene rings is 1. The van der Waals surface area contributed by atoms with Crippen LogP contribution in [0.1, 0.15) is 42.2 Å². The highest BCUT2D eigenvalue weighted by Gasteiger charge is 2.05. The summed E-state index contributed by atoms with van der Waals surface area (Å²) in [4.78, 5) is 26.5. The Kier molecular flexibility index (Phi) is 6.11. The van der Waals surface area contributed by atoms with Gasteiger partial charge in [0.25, 0.3) is 5.91 Å². The van der Waals surface area contributed by atoms with E-state index in [4.69, 9.17) is 0 Å². The van der Waals surface area contributed by atoms with Crippen molar-refractivity contribution in [3.8, 4) is 0 Å². The van der Waals surface area contributed by atoms with Crippen LogP contribution in [-0.2, 0) is 4.79 Å². The molecular formula is C17H20N4O2. The van der Waals surface area contributed by atoms with Gasteiger partial charge in [0.15, 0.2) is 0 Å². The van der Waals surface area contributed by atoms with Gasteiger partial charge in [0.1, 0.15) is 0 Å². The molecule has 0 unspecified atom stereocenters. The molecule has 0 radical (unpaired) electrons. The Hall–Kier alpha value is -2.89. The minimum atomic E-state index is -0.309. The first kappa shape index (κ1) is 16.5. The number of hydrogen-bond acceptors (Lipinski definition) is 3. The van der Waals surface area contributed by atoms with Crippen molar-refractivity contribution >= 4 is 23.7 Å². The molecule has 0 aliphatic heterocycles. The highest BCUT2D eigenvalue weighted by atomic mass is 16.2. The number of hydrazone groups is 1. The molecule has 2 aromatic rings. The third kappa shape index (κ3) is 5.43. The van der Waals surface area contributed by atoms with E-state index in [9.17, 15) is 9.59 Å². The summed E-state index contributed by atoms with van der Waals surface area (Å²) < 4.78 is 0. The smallest absolute Gasteiger partial charge is 0.271 e. The fourth-order valence-corrected chi connectivity index (χ4v) is 1.92. The van der Waals surface area contributed by atoms with Gasteiger partial charge in [0, 0.05) is 23.9 Å². The number of nitrogens with one attached hydrogen (secondary N) is 3. The van der Waals surface area contributed by atoms with Gasteiger partial charge in [-0.3, -0.25) is 9.59 Å². The molecule has 1 aromatic carbocycles. The van der Waals surface area contributed by atoms with Crippen molar-refractivity contribution in [3.63, 3.8) is 0 Å². The topological polar surface area (TPSA) is 86.3 Å². The summed E-state index contributed by atoms with van der Waals surface area (Å²) in [5, 5.41) is 6.67. The largest absolute Gasteiger partial charge is 0.360 e. The fourth-order valence-electron chi connectivity index (χ4n) is 1.92. The molecule has 0 saturated heterocycles. The van der Waals surface area contributed by atoms with Crippen molar-refractivity contribution in [2.24, 2.45) is 5.10 Å². The predicted molar refractivity (Wildman–Crippen MR) is 90.4 cm³/mol. The first-order chi connectivity index (χ1) is 11.2. The Morgan fingerprint density at radius 3 is 2.65 bits per heavy atom. The second kappa shape index (κ2) is 8.53. The summed E-state index contributed by atoms with van der Waals surface area (Å²) in [6.07, 6.45) is 5.66. The normalized spacial score (nSPS) is 10.7. The second-order valence-electron chi connectivity index (χ2n) is 5.05. The lowest BCUT2D eigenvalue weighted by Crippen LogP contribution is -2.17. The van der Waals surface area contributed by atoms with Crippen LogP contribution in [0.3, 0.4) is 0 Å². The van der Waals surface area contributed by atoms with Crippen LogP contribution in [0.15, 0.2) is 47.7 Å². The quantitative estimate of drug-likeness (QED) is 0.542. The molecule has 0 bridgehead atoms. The first-order valence-electron chi connectivity index (χ1n) is 7.55. The lowest BCUT2D eigenvalue weighted by molar-refractivity contribution is -0.116. The Bertz CT molecular complexity index is 660. The zero-order chi connectivity index (χ0) is 16.5. The third-order valence-corrected chi connectivity index (χ3v) is 3.18. The van der Waals surface area contributed by atoms with Crippen molar-refractivity contribution in [2.45, 2.75) is 26.2 Å². The summed E-state index contributed by atoms with van der Waals surface area (Å²) >= 11 is 0. The average molecular weight is 312 g/mol. The molecular weight excluding hydrogens is 292 g/mol. The number of rotatable bonds is 7. The SMILES string of the molecule is CCCCC(=O)Nc1ccc(C(=O)N/N=C/c2ccc[nH]2)cc1. The second-order valence-corrected chi connectivity index (χ2v) is 5.05. The van der Waals surface area contributed by atoms with Gasteiger partial charge in [-0.15, -0.1) is 0 Å². The van der Waals surface area contributed by atoms with Gasteiger partial charge in [0.2, 0.25) is 5.91 Å². The third-order valence-electron chi connectivity index (χ3n) is 3.18. The van der Waals surface area contributed by atoms with E-state index >= 15 is 0 Å². The van der Waals surface area contributed by atoms with Crippen LogP contribution < -0.4 is 10.7 Å². The monoisotopic (exact) mass is 312 g/mol. The number of H-pyrrole nitrogens is 1. The molecule has 0 saturated carbocycles. The molecule has 23 heavy (non-hydrogen) atoms. The number of carbonyl (C=O) groups excluding carboxylic acids is 2. The lowest BCUT2D eigenvalue weighted by atomic mass is 10.2. The van der Waals surface area contributed by atoms with Gasteiger partial charge in [0.05, 0.1) is 11.9 Å². The minimum Gasteiger partial charge on any atom is -0.360 e. The molecule has 3 N–H and O–H groups in total. The zero-order valence-corrected chi connectivity index (χ0v) is 13.0. The number of hydrogen-bond donors (Lipinski definition) is 3. The van der Waals surface area contributed by atoms with Crippen molar-refractivity contribution in [1.82, 2.24) is 10.4 Å². The van der Waals surface area contributed by atoms with Crippen LogP contribution >= 0.6 is 0 Å². The number of anilines is 1. The minimum absolute atomic E-state index is 0.0143. The molecule has 6 nitrogen and oxygen atoms in total. The van der Waals surface area contributed by atoms with Gasteiger partial charge >= 0.3 is 0 Å². The van der Waals surface area contributed by atoms with Crippen LogP contribution in [0.25, 0.3) is 0 Å². The molecule has 0 atom stereocenters. The standard InChI is InChI=1S/C17H20N4O2/c1-2-3-6-16(22)20-14-9-7-13(8-10-14)17(23)21-19-12-15-5-4-11-18-15/h4-5,7-12,18H,2-3,6H2,1H3,(H,20,22)(H,21,23)/b19-12+. The fraction of sp³-hybridized carbons (Fsp3) is 0.235. The van der Waals surface area contributed by atoms with Crippen LogP contribution in [0.5, 0.6) is 0 Å². The zero-order valence-electron chi connectivity index (χ0n) is 13.0.